The normalized spacial score (nSPS) is 14.6. The lowest BCUT2D eigenvalue weighted by molar-refractivity contribution is 0.440. The fraction of sp³-hybridized carbons (Fsp3) is 0.600. The predicted octanol–water partition coefficient (Wildman–Crippen LogP) is 4.96. The first-order chi connectivity index (χ1) is 8.13. The van der Waals surface area contributed by atoms with Crippen molar-refractivity contribution < 1.29 is 0 Å². The summed E-state index contributed by atoms with van der Waals surface area (Å²) in [6, 6.07) is 9.03. The third kappa shape index (κ3) is 5.56. The van der Waals surface area contributed by atoms with Crippen LogP contribution < -0.4 is 5.32 Å². The van der Waals surface area contributed by atoms with Gasteiger partial charge in [0.25, 0.3) is 0 Å². The largest absolute Gasteiger partial charge is 0.308 e. The summed E-state index contributed by atoms with van der Waals surface area (Å²) in [5.74, 6) is 0. The SMILES string of the molecule is CCCCCC(C)N[C@@H](C)c1cccc(Cl)c1. The van der Waals surface area contributed by atoms with Gasteiger partial charge in [-0.3, -0.25) is 0 Å². The van der Waals surface area contributed by atoms with E-state index in [9.17, 15) is 0 Å². The highest BCUT2D eigenvalue weighted by atomic mass is 35.5. The molecule has 1 unspecified atom stereocenters. The molecule has 0 aliphatic rings. The zero-order valence-electron chi connectivity index (χ0n) is 11.2. The number of hydrogen-bond donors (Lipinski definition) is 1. The number of halogens is 1. The highest BCUT2D eigenvalue weighted by Crippen LogP contribution is 2.18. The molecule has 1 aromatic rings. The van der Waals surface area contributed by atoms with Crippen LogP contribution in [-0.2, 0) is 0 Å². The molecule has 0 aliphatic carbocycles. The first-order valence-corrected chi connectivity index (χ1v) is 7.02. The lowest BCUT2D eigenvalue weighted by Gasteiger charge is -2.20. The van der Waals surface area contributed by atoms with Crippen molar-refractivity contribution in [1.29, 1.82) is 0 Å². The van der Waals surface area contributed by atoms with E-state index in [-0.39, 0.29) is 0 Å². The maximum Gasteiger partial charge on any atom is 0.0409 e. The van der Waals surface area contributed by atoms with E-state index < -0.39 is 0 Å². The van der Waals surface area contributed by atoms with E-state index in [0.29, 0.717) is 12.1 Å². The Bertz CT molecular complexity index is 324. The molecule has 2 atom stereocenters. The molecule has 0 heterocycles. The Morgan fingerprint density at radius 1 is 1.24 bits per heavy atom. The van der Waals surface area contributed by atoms with Crippen molar-refractivity contribution in [3.05, 3.63) is 34.9 Å². The van der Waals surface area contributed by atoms with Crippen LogP contribution in [0.25, 0.3) is 0 Å². The first kappa shape index (κ1) is 14.5. The highest BCUT2D eigenvalue weighted by molar-refractivity contribution is 6.30. The highest BCUT2D eigenvalue weighted by Gasteiger charge is 2.09. The molecular weight excluding hydrogens is 230 g/mol. The average Bonchev–Trinajstić information content (AvgIpc) is 2.29. The second kappa shape index (κ2) is 7.73. The lowest BCUT2D eigenvalue weighted by Crippen LogP contribution is -2.28. The topological polar surface area (TPSA) is 12.0 Å². The smallest absolute Gasteiger partial charge is 0.0409 e. The van der Waals surface area contributed by atoms with Crippen LogP contribution in [0.5, 0.6) is 0 Å². The van der Waals surface area contributed by atoms with Gasteiger partial charge in [-0.15, -0.1) is 0 Å². The van der Waals surface area contributed by atoms with Crippen LogP contribution in [0.4, 0.5) is 0 Å². The third-order valence-electron chi connectivity index (χ3n) is 3.12. The molecule has 0 amide bonds. The first-order valence-electron chi connectivity index (χ1n) is 6.65. The fourth-order valence-electron chi connectivity index (χ4n) is 2.08. The van der Waals surface area contributed by atoms with Crippen molar-refractivity contribution in [2.45, 2.75) is 58.5 Å². The number of hydrogen-bond acceptors (Lipinski definition) is 1. The van der Waals surface area contributed by atoms with Crippen molar-refractivity contribution in [2.75, 3.05) is 0 Å². The summed E-state index contributed by atoms with van der Waals surface area (Å²) in [4.78, 5) is 0. The van der Waals surface area contributed by atoms with Gasteiger partial charge in [0.15, 0.2) is 0 Å². The van der Waals surface area contributed by atoms with Crippen molar-refractivity contribution >= 4 is 11.6 Å². The summed E-state index contributed by atoms with van der Waals surface area (Å²) in [6.45, 7) is 6.70. The molecule has 1 rings (SSSR count). The summed E-state index contributed by atoms with van der Waals surface area (Å²) < 4.78 is 0. The van der Waals surface area contributed by atoms with E-state index in [2.05, 4.69) is 32.2 Å². The summed E-state index contributed by atoms with van der Waals surface area (Å²) in [6.07, 6.45) is 5.18. The number of benzene rings is 1. The van der Waals surface area contributed by atoms with Gasteiger partial charge in [0.2, 0.25) is 0 Å². The van der Waals surface area contributed by atoms with E-state index in [0.717, 1.165) is 5.02 Å². The Morgan fingerprint density at radius 2 is 2.00 bits per heavy atom. The van der Waals surface area contributed by atoms with Crippen LogP contribution in [0.3, 0.4) is 0 Å². The van der Waals surface area contributed by atoms with Crippen LogP contribution in [0.15, 0.2) is 24.3 Å². The molecule has 0 radical (unpaired) electrons. The van der Waals surface area contributed by atoms with Crippen LogP contribution in [-0.4, -0.2) is 6.04 Å². The molecule has 0 fully saturated rings. The molecule has 0 aliphatic heterocycles. The van der Waals surface area contributed by atoms with Gasteiger partial charge in [0, 0.05) is 17.1 Å². The molecule has 0 saturated heterocycles. The molecular formula is C15H24ClN. The Labute approximate surface area is 111 Å². The standard InChI is InChI=1S/C15H24ClN/c1-4-5-6-8-12(2)17-13(3)14-9-7-10-15(16)11-14/h7,9-13,17H,4-6,8H2,1-3H3/t12?,13-/m0/s1. The second-order valence-electron chi connectivity index (χ2n) is 4.84. The van der Waals surface area contributed by atoms with E-state index in [4.69, 9.17) is 11.6 Å². The minimum absolute atomic E-state index is 0.366. The summed E-state index contributed by atoms with van der Waals surface area (Å²) in [7, 11) is 0. The van der Waals surface area contributed by atoms with Crippen LogP contribution in [0, 0.1) is 0 Å². The molecule has 96 valence electrons. The van der Waals surface area contributed by atoms with Crippen molar-refractivity contribution in [2.24, 2.45) is 0 Å². The average molecular weight is 254 g/mol. The molecule has 17 heavy (non-hydrogen) atoms. The maximum atomic E-state index is 6.00. The molecule has 1 nitrogen and oxygen atoms in total. The number of unbranched alkanes of at least 4 members (excludes halogenated alkanes) is 2. The zero-order chi connectivity index (χ0) is 12.7. The van der Waals surface area contributed by atoms with Gasteiger partial charge in [0.05, 0.1) is 0 Å². The van der Waals surface area contributed by atoms with Gasteiger partial charge in [-0.25, -0.2) is 0 Å². The number of rotatable bonds is 7. The van der Waals surface area contributed by atoms with Gasteiger partial charge in [-0.2, -0.15) is 0 Å². The second-order valence-corrected chi connectivity index (χ2v) is 5.28. The van der Waals surface area contributed by atoms with Crippen molar-refractivity contribution in [3.63, 3.8) is 0 Å². The lowest BCUT2D eigenvalue weighted by atomic mass is 10.1. The Morgan fingerprint density at radius 3 is 2.65 bits per heavy atom. The van der Waals surface area contributed by atoms with Crippen molar-refractivity contribution in [1.82, 2.24) is 5.32 Å². The molecule has 0 saturated carbocycles. The minimum Gasteiger partial charge on any atom is -0.308 e. The number of nitrogens with one attached hydrogen (secondary N) is 1. The van der Waals surface area contributed by atoms with E-state index in [1.807, 2.05) is 18.2 Å². The van der Waals surface area contributed by atoms with Crippen molar-refractivity contribution in [3.8, 4) is 0 Å². The van der Waals surface area contributed by atoms with E-state index in [1.165, 1.54) is 31.2 Å². The third-order valence-corrected chi connectivity index (χ3v) is 3.36. The summed E-state index contributed by atoms with van der Waals surface area (Å²) in [5.41, 5.74) is 1.26. The zero-order valence-corrected chi connectivity index (χ0v) is 11.9. The predicted molar refractivity (Wildman–Crippen MR) is 76.6 cm³/mol. The molecule has 0 bridgehead atoms. The molecule has 0 aromatic heterocycles. The maximum absolute atomic E-state index is 6.00. The Kier molecular flexibility index (Phi) is 6.61. The van der Waals surface area contributed by atoms with Gasteiger partial charge < -0.3 is 5.32 Å². The summed E-state index contributed by atoms with van der Waals surface area (Å²) in [5, 5.41) is 4.44. The molecule has 2 heteroatoms. The minimum atomic E-state index is 0.366. The molecule has 0 spiro atoms. The van der Waals surface area contributed by atoms with E-state index >= 15 is 0 Å². The molecule has 1 aromatic carbocycles. The van der Waals surface area contributed by atoms with Crippen LogP contribution in [0.1, 0.15) is 58.1 Å². The van der Waals surface area contributed by atoms with E-state index in [1.54, 1.807) is 0 Å². The fourth-order valence-corrected chi connectivity index (χ4v) is 2.28. The Balaban J connectivity index is 2.40. The van der Waals surface area contributed by atoms with Gasteiger partial charge >= 0.3 is 0 Å². The van der Waals surface area contributed by atoms with Crippen LogP contribution >= 0.6 is 11.6 Å². The van der Waals surface area contributed by atoms with Gasteiger partial charge in [0.1, 0.15) is 0 Å². The van der Waals surface area contributed by atoms with Crippen LogP contribution in [0.2, 0.25) is 5.02 Å². The molecule has 1 N–H and O–H groups in total. The van der Waals surface area contributed by atoms with Gasteiger partial charge in [-0.05, 0) is 38.0 Å². The summed E-state index contributed by atoms with van der Waals surface area (Å²) >= 11 is 6.00. The monoisotopic (exact) mass is 253 g/mol. The quantitative estimate of drug-likeness (QED) is 0.678. The van der Waals surface area contributed by atoms with Gasteiger partial charge in [-0.1, -0.05) is 49.9 Å². The Hall–Kier alpha value is -0.530.